The minimum Gasteiger partial charge on any atom is -0.455 e. The molecule has 17 heteroatoms. The van der Waals surface area contributed by atoms with Crippen LogP contribution in [-0.2, 0) is 9.59 Å². The first-order valence-electron chi connectivity index (χ1n) is 20.5. The Bertz CT molecular complexity index is 2670. The summed E-state index contributed by atoms with van der Waals surface area (Å²) in [5.74, 6) is 2.68. The Morgan fingerprint density at radius 3 is 1.79 bits per heavy atom. The number of rotatable bonds is 5. The van der Waals surface area contributed by atoms with Crippen LogP contribution >= 0.6 is 34.8 Å². The first-order chi connectivity index (χ1) is 30.6. The van der Waals surface area contributed by atoms with Gasteiger partial charge in [-0.3, -0.25) is 19.6 Å². The summed E-state index contributed by atoms with van der Waals surface area (Å²) in [5.41, 5.74) is 5.18. The number of fused-ring (bicyclic) bond motifs is 2. The summed E-state index contributed by atoms with van der Waals surface area (Å²) in [7, 11) is 4.31. The van der Waals surface area contributed by atoms with E-state index in [-0.39, 0.29) is 17.0 Å². The molecule has 3 N–H and O–H groups in total. The fraction of sp³-hybridized carbons (Fsp3) is 0.261. The number of aromatic nitrogens is 4. The van der Waals surface area contributed by atoms with Gasteiger partial charge in [0.15, 0.2) is 11.5 Å². The lowest BCUT2D eigenvalue weighted by Gasteiger charge is -2.21. The molecule has 0 spiro atoms. The van der Waals surface area contributed by atoms with Crippen molar-refractivity contribution >= 4 is 87.1 Å². The predicted molar refractivity (Wildman–Crippen MR) is 250 cm³/mol. The highest BCUT2D eigenvalue weighted by atomic mass is 35.5. The van der Waals surface area contributed by atoms with Crippen molar-refractivity contribution in [3.63, 3.8) is 0 Å². The lowest BCUT2D eigenvalue weighted by molar-refractivity contribution is -0.111. The minimum absolute atomic E-state index is 0.178. The molecule has 0 saturated carbocycles. The molecule has 0 aliphatic carbocycles. The van der Waals surface area contributed by atoms with Gasteiger partial charge in [0, 0.05) is 65.3 Å². The molecular weight excluding hydrogens is 863 g/mol. The van der Waals surface area contributed by atoms with Gasteiger partial charge >= 0.3 is 0 Å². The average molecular weight is 908 g/mol. The second-order valence-electron chi connectivity index (χ2n) is 15.3. The summed E-state index contributed by atoms with van der Waals surface area (Å²) in [6, 6.07) is 17.7. The van der Waals surface area contributed by atoms with E-state index in [1.807, 2.05) is 12.1 Å². The molecule has 2 saturated heterocycles. The minimum atomic E-state index is -0.201. The number of carbonyl (C=O) groups is 2. The van der Waals surface area contributed by atoms with Crippen molar-refractivity contribution in [2.75, 3.05) is 82.0 Å². The van der Waals surface area contributed by atoms with E-state index in [1.54, 1.807) is 79.3 Å². The zero-order valence-corrected chi connectivity index (χ0v) is 37.0. The molecule has 0 radical (unpaired) electrons. The second-order valence-corrected chi connectivity index (χ2v) is 16.6. The van der Waals surface area contributed by atoms with E-state index in [2.05, 4.69) is 59.7 Å². The van der Waals surface area contributed by atoms with Gasteiger partial charge < -0.3 is 39.5 Å². The highest BCUT2D eigenvalue weighted by Gasteiger charge is 2.26. The largest absolute Gasteiger partial charge is 0.455 e. The van der Waals surface area contributed by atoms with E-state index in [0.717, 1.165) is 67.5 Å². The van der Waals surface area contributed by atoms with Crippen molar-refractivity contribution < 1.29 is 18.4 Å². The zero-order chi connectivity index (χ0) is 43.9. The van der Waals surface area contributed by atoms with Crippen LogP contribution in [0, 0.1) is 0 Å². The Morgan fingerprint density at radius 1 is 0.603 bits per heavy atom. The van der Waals surface area contributed by atoms with Crippen molar-refractivity contribution in [3.8, 4) is 22.9 Å². The summed E-state index contributed by atoms with van der Waals surface area (Å²) in [4.78, 5) is 48.8. The fourth-order valence-electron chi connectivity index (χ4n) is 7.37. The molecule has 4 aromatic heterocycles. The quantitative estimate of drug-likeness (QED) is 0.142. The number of nitrogens with zero attached hydrogens (tertiary/aromatic N) is 7. The third kappa shape index (κ3) is 11.0. The van der Waals surface area contributed by atoms with Crippen LogP contribution in [0.5, 0.6) is 0 Å². The van der Waals surface area contributed by atoms with Crippen molar-refractivity contribution in [2.24, 2.45) is 0 Å². The third-order valence-corrected chi connectivity index (χ3v) is 11.3. The van der Waals surface area contributed by atoms with E-state index >= 15 is 0 Å². The Morgan fingerprint density at radius 2 is 1.17 bits per heavy atom. The van der Waals surface area contributed by atoms with E-state index in [1.165, 1.54) is 32.3 Å². The number of benzene rings is 2. The predicted octanol–water partition coefficient (Wildman–Crippen LogP) is 8.47. The summed E-state index contributed by atoms with van der Waals surface area (Å²) in [6.07, 6.45) is 12.3. The molecule has 63 heavy (non-hydrogen) atoms. The van der Waals surface area contributed by atoms with Crippen LogP contribution in [0.15, 0.2) is 94.3 Å². The number of furan rings is 2. The lowest BCUT2D eigenvalue weighted by Crippen LogP contribution is -2.29. The van der Waals surface area contributed by atoms with Crippen molar-refractivity contribution in [1.82, 2.24) is 35.1 Å². The van der Waals surface area contributed by atoms with Crippen LogP contribution in [0.1, 0.15) is 35.5 Å². The number of halogens is 3. The maximum absolute atomic E-state index is 12.4. The Kier molecular flexibility index (Phi) is 14.0. The van der Waals surface area contributed by atoms with E-state index < -0.39 is 0 Å². The van der Waals surface area contributed by atoms with Gasteiger partial charge in [-0.15, -0.1) is 0 Å². The second kappa shape index (κ2) is 20.1. The first-order valence-corrected chi connectivity index (χ1v) is 21.7. The molecule has 4 aliphatic rings. The van der Waals surface area contributed by atoms with Gasteiger partial charge in [-0.05, 0) is 119 Å². The van der Waals surface area contributed by atoms with Gasteiger partial charge in [0.1, 0.15) is 33.9 Å². The van der Waals surface area contributed by atoms with Gasteiger partial charge in [0.25, 0.3) is 11.8 Å². The molecule has 2 fully saturated rings. The molecule has 2 amide bonds. The highest BCUT2D eigenvalue weighted by molar-refractivity contribution is 6.37. The number of nitrogens with one attached hydrogen (secondary N) is 3. The molecule has 0 atom stereocenters. The first kappa shape index (κ1) is 43.8. The van der Waals surface area contributed by atoms with E-state index in [9.17, 15) is 9.59 Å². The smallest absolute Gasteiger partial charge is 0.256 e. The number of hydrogen-bond donors (Lipinski definition) is 3. The number of carbonyl (C=O) groups excluding carboxylic acids is 2. The van der Waals surface area contributed by atoms with Gasteiger partial charge in [0.05, 0.1) is 35.9 Å². The number of anilines is 3. The van der Waals surface area contributed by atoms with Gasteiger partial charge in [-0.25, -0.2) is 9.97 Å². The molecule has 4 aliphatic heterocycles. The summed E-state index contributed by atoms with van der Waals surface area (Å²) in [5, 5.41) is 10.4. The molecule has 10 rings (SSSR count). The van der Waals surface area contributed by atoms with Gasteiger partial charge in [-0.2, -0.15) is 0 Å². The fourth-order valence-corrected chi connectivity index (χ4v) is 7.86. The average Bonchev–Trinajstić information content (AvgIpc) is 4.00. The normalized spacial score (nSPS) is 17.8. The van der Waals surface area contributed by atoms with Crippen LogP contribution in [0.2, 0.25) is 15.2 Å². The molecule has 324 valence electrons. The van der Waals surface area contributed by atoms with Crippen molar-refractivity contribution in [1.29, 1.82) is 0 Å². The summed E-state index contributed by atoms with van der Waals surface area (Å²) < 4.78 is 11.7. The summed E-state index contributed by atoms with van der Waals surface area (Å²) >= 11 is 18.0. The van der Waals surface area contributed by atoms with Crippen molar-refractivity contribution in [3.05, 3.63) is 123 Å². The zero-order valence-electron chi connectivity index (χ0n) is 34.7. The Labute approximate surface area is 380 Å². The SMILES string of the molecule is CN1CCCN(c2cncc(-c3ccc(/C=C4/C(=O)Nc5ccc(Cl)cc54)o3)n2)CC1.CN1CCCNCC1.O=C1Nc2ccc(Cl)cc2/C1=C\c1ccc(-c2cncc(Cl)n2)o1. The van der Waals surface area contributed by atoms with Gasteiger partial charge in [-0.1, -0.05) is 34.8 Å². The molecule has 8 heterocycles. The van der Waals surface area contributed by atoms with Crippen LogP contribution in [-0.4, -0.2) is 108 Å². The van der Waals surface area contributed by atoms with E-state index in [4.69, 9.17) is 48.6 Å². The van der Waals surface area contributed by atoms with Crippen LogP contribution in [0.25, 0.3) is 46.2 Å². The molecule has 0 unspecified atom stereocenters. The number of likely N-dealkylation sites (N-methyl/N-ethyl adjacent to an activating group) is 2. The maximum atomic E-state index is 12.4. The molecule has 2 aromatic carbocycles. The molecule has 6 aromatic rings. The highest BCUT2D eigenvalue weighted by Crippen LogP contribution is 2.37. The topological polar surface area (TPSA) is 158 Å². The molecule has 0 bridgehead atoms. The number of hydrogen-bond acceptors (Lipinski definition) is 12. The molecular formula is C46H45Cl3N10O4. The Hall–Kier alpha value is -5.87. The standard InChI is InChI=1S/C23H22ClN5O2.C17H9Cl2N3O2.C6H14N2/c1-28-7-2-8-29(10-9-28)22-14-25-13-20(26-22)21-6-4-16(31-21)12-18-17-11-15(24)3-5-19(17)27-23(18)30;18-9-1-3-13-11(5-9)12(17(23)22-13)6-10-2-4-15(24-10)14-7-20-8-16(19)21-14;1-8-5-2-3-7-4-6-8/h3-6,11-14H,2,7-10H2,1H3,(H,27,30);1-8H,(H,22,23);7H,2-6H2,1H3/b18-12+;12-6+;. The van der Waals surface area contributed by atoms with E-state index in [0.29, 0.717) is 55.6 Å². The summed E-state index contributed by atoms with van der Waals surface area (Å²) in [6.45, 7) is 8.78. The maximum Gasteiger partial charge on any atom is 0.256 e. The van der Waals surface area contributed by atoms with Crippen molar-refractivity contribution in [2.45, 2.75) is 12.8 Å². The van der Waals surface area contributed by atoms with Crippen LogP contribution < -0.4 is 20.9 Å². The van der Waals surface area contributed by atoms with Gasteiger partial charge in [0.2, 0.25) is 0 Å². The number of amides is 2. The van der Waals surface area contributed by atoms with Crippen LogP contribution in [0.3, 0.4) is 0 Å². The molecule has 14 nitrogen and oxygen atoms in total. The third-order valence-electron chi connectivity index (χ3n) is 10.7. The lowest BCUT2D eigenvalue weighted by atomic mass is 10.1. The monoisotopic (exact) mass is 906 g/mol. The van der Waals surface area contributed by atoms with Crippen LogP contribution in [0.4, 0.5) is 17.2 Å². The Balaban J connectivity index is 0.000000150.